The first-order valence-electron chi connectivity index (χ1n) is 4.43. The van der Waals surface area contributed by atoms with Crippen LogP contribution in [0.1, 0.15) is 12.0 Å². The molecule has 69 valence electrons. The molecule has 0 saturated heterocycles. The Morgan fingerprint density at radius 3 is 2.62 bits per heavy atom. The molecule has 0 aliphatic heterocycles. The van der Waals surface area contributed by atoms with Gasteiger partial charge < -0.3 is 5.32 Å². The number of hydrogen-bond donors (Lipinski definition) is 1. The van der Waals surface area contributed by atoms with Crippen LogP contribution in [-0.4, -0.2) is 12.5 Å². The molecule has 1 radical (unpaired) electrons. The predicted octanol–water partition coefficient (Wildman–Crippen LogP) is 1.57. The van der Waals surface area contributed by atoms with Gasteiger partial charge in [-0.3, -0.25) is 4.79 Å². The molecule has 0 atom stereocenters. The molecule has 0 heterocycles. The zero-order valence-electron chi connectivity index (χ0n) is 7.62. The fourth-order valence-corrected chi connectivity index (χ4v) is 1.13. The van der Waals surface area contributed by atoms with E-state index in [1.165, 1.54) is 5.56 Å². The molecule has 0 fully saturated rings. The van der Waals surface area contributed by atoms with Crippen LogP contribution in [0.25, 0.3) is 0 Å². The van der Waals surface area contributed by atoms with Crippen molar-refractivity contribution in [2.45, 2.75) is 12.8 Å². The summed E-state index contributed by atoms with van der Waals surface area (Å²) in [5, 5.41) is 2.67. The van der Waals surface area contributed by atoms with Crippen LogP contribution in [-0.2, 0) is 11.2 Å². The van der Waals surface area contributed by atoms with Crippen LogP contribution in [0.2, 0.25) is 0 Å². The van der Waals surface area contributed by atoms with Gasteiger partial charge in [0.1, 0.15) is 0 Å². The van der Waals surface area contributed by atoms with E-state index in [1.54, 1.807) is 0 Å². The molecule has 0 saturated carbocycles. The molecule has 1 aromatic rings. The van der Waals surface area contributed by atoms with Gasteiger partial charge in [-0.2, -0.15) is 0 Å². The monoisotopic (exact) mass is 176 g/mol. The van der Waals surface area contributed by atoms with E-state index in [1.807, 2.05) is 30.3 Å². The second-order valence-corrected chi connectivity index (χ2v) is 2.84. The summed E-state index contributed by atoms with van der Waals surface area (Å²) in [6, 6.07) is 9.98. The smallest absolute Gasteiger partial charge is 0.220 e. The van der Waals surface area contributed by atoms with Gasteiger partial charge >= 0.3 is 0 Å². The highest BCUT2D eigenvalue weighted by molar-refractivity contribution is 5.76. The van der Waals surface area contributed by atoms with Gasteiger partial charge in [0.25, 0.3) is 0 Å². The molecule has 1 rings (SSSR count). The maximum absolute atomic E-state index is 11.1. The third-order valence-electron chi connectivity index (χ3n) is 1.81. The van der Waals surface area contributed by atoms with Crippen molar-refractivity contribution in [2.75, 3.05) is 6.54 Å². The van der Waals surface area contributed by atoms with Gasteiger partial charge in [-0.25, -0.2) is 0 Å². The fraction of sp³-hybridized carbons (Fsp3) is 0.273. The van der Waals surface area contributed by atoms with Crippen LogP contribution in [0.5, 0.6) is 0 Å². The van der Waals surface area contributed by atoms with E-state index >= 15 is 0 Å². The molecular weight excluding hydrogens is 162 g/mol. The van der Waals surface area contributed by atoms with Gasteiger partial charge in [-0.1, -0.05) is 30.3 Å². The average Bonchev–Trinajstić information content (AvgIpc) is 2.17. The first-order valence-corrected chi connectivity index (χ1v) is 4.43. The topological polar surface area (TPSA) is 29.1 Å². The number of carbonyl (C=O) groups excluding carboxylic acids is 1. The van der Waals surface area contributed by atoms with Crippen LogP contribution in [0.15, 0.2) is 30.3 Å². The summed E-state index contributed by atoms with van der Waals surface area (Å²) in [5.41, 5.74) is 1.20. The largest absolute Gasteiger partial charge is 0.356 e. The maximum atomic E-state index is 11.1. The molecule has 2 heteroatoms. The Morgan fingerprint density at radius 2 is 2.00 bits per heavy atom. The third kappa shape index (κ3) is 3.74. The molecule has 1 aromatic carbocycles. The zero-order valence-corrected chi connectivity index (χ0v) is 7.62. The van der Waals surface area contributed by atoms with Crippen molar-refractivity contribution in [3.05, 3.63) is 42.8 Å². The predicted molar refractivity (Wildman–Crippen MR) is 53.1 cm³/mol. The normalized spacial score (nSPS) is 9.62. The number of amides is 1. The van der Waals surface area contributed by atoms with E-state index in [9.17, 15) is 4.79 Å². The first kappa shape index (κ1) is 9.78. The molecule has 0 aromatic heterocycles. The Bertz CT molecular complexity index is 256. The van der Waals surface area contributed by atoms with Gasteiger partial charge in [0.15, 0.2) is 0 Å². The van der Waals surface area contributed by atoms with Crippen molar-refractivity contribution in [2.24, 2.45) is 0 Å². The minimum absolute atomic E-state index is 0.0684. The number of carbonyl (C=O) groups is 1. The minimum Gasteiger partial charge on any atom is -0.356 e. The fourth-order valence-electron chi connectivity index (χ4n) is 1.13. The summed E-state index contributed by atoms with van der Waals surface area (Å²) in [4.78, 5) is 11.1. The first-order chi connectivity index (χ1) is 6.33. The molecule has 0 unspecified atom stereocenters. The van der Waals surface area contributed by atoms with Crippen LogP contribution in [0.4, 0.5) is 0 Å². The summed E-state index contributed by atoms with van der Waals surface area (Å²) >= 11 is 0. The second-order valence-electron chi connectivity index (χ2n) is 2.84. The molecule has 1 N–H and O–H groups in total. The Kier molecular flexibility index (Phi) is 4.03. The standard InChI is InChI=1S/C11H14NO/c1-2-12-11(13)9-8-10-6-4-3-5-7-10/h3-7H,1-2,8-9H2,(H,12,13). The number of rotatable bonds is 4. The Hall–Kier alpha value is -1.31. The molecule has 0 aliphatic carbocycles. The van der Waals surface area contributed by atoms with Gasteiger partial charge in [-0.15, -0.1) is 0 Å². The summed E-state index contributed by atoms with van der Waals surface area (Å²) in [5.74, 6) is 0.0684. The number of hydrogen-bond acceptors (Lipinski definition) is 1. The molecule has 0 spiro atoms. The Balaban J connectivity index is 2.31. The van der Waals surface area contributed by atoms with Gasteiger partial charge in [-0.05, 0) is 18.9 Å². The highest BCUT2D eigenvalue weighted by Gasteiger charge is 1.99. The molecule has 0 bridgehead atoms. The van der Waals surface area contributed by atoms with E-state index in [-0.39, 0.29) is 5.91 Å². The van der Waals surface area contributed by atoms with Crippen LogP contribution >= 0.6 is 0 Å². The van der Waals surface area contributed by atoms with Crippen LogP contribution in [0.3, 0.4) is 0 Å². The van der Waals surface area contributed by atoms with Crippen LogP contribution < -0.4 is 5.32 Å². The lowest BCUT2D eigenvalue weighted by Crippen LogP contribution is -2.22. The maximum Gasteiger partial charge on any atom is 0.220 e. The van der Waals surface area contributed by atoms with Crippen molar-refractivity contribution >= 4 is 5.91 Å². The molecular formula is C11H14NO. The highest BCUT2D eigenvalue weighted by Crippen LogP contribution is 2.01. The second kappa shape index (κ2) is 5.36. The molecule has 0 aliphatic rings. The molecule has 2 nitrogen and oxygen atoms in total. The third-order valence-corrected chi connectivity index (χ3v) is 1.81. The summed E-state index contributed by atoms with van der Waals surface area (Å²) < 4.78 is 0. The van der Waals surface area contributed by atoms with Crippen molar-refractivity contribution < 1.29 is 4.79 Å². The lowest BCUT2D eigenvalue weighted by molar-refractivity contribution is -0.120. The van der Waals surface area contributed by atoms with E-state index in [2.05, 4.69) is 12.2 Å². The minimum atomic E-state index is 0.0684. The lowest BCUT2D eigenvalue weighted by Gasteiger charge is -2.01. The van der Waals surface area contributed by atoms with E-state index in [4.69, 9.17) is 0 Å². The number of benzene rings is 1. The van der Waals surface area contributed by atoms with Crippen LogP contribution in [0, 0.1) is 6.92 Å². The number of nitrogens with one attached hydrogen (secondary N) is 1. The molecule has 1 amide bonds. The lowest BCUT2D eigenvalue weighted by atomic mass is 10.1. The SMILES string of the molecule is [CH2]CNC(=O)CCc1ccccc1. The Labute approximate surface area is 79.0 Å². The van der Waals surface area contributed by atoms with Crippen molar-refractivity contribution in [3.8, 4) is 0 Å². The van der Waals surface area contributed by atoms with Gasteiger partial charge in [0, 0.05) is 13.0 Å². The van der Waals surface area contributed by atoms with Crippen molar-refractivity contribution in [3.63, 3.8) is 0 Å². The quantitative estimate of drug-likeness (QED) is 0.741. The summed E-state index contributed by atoms with van der Waals surface area (Å²) in [6.07, 6.45) is 1.34. The summed E-state index contributed by atoms with van der Waals surface area (Å²) in [7, 11) is 0. The van der Waals surface area contributed by atoms with Crippen molar-refractivity contribution in [1.29, 1.82) is 0 Å². The van der Waals surface area contributed by atoms with Gasteiger partial charge in [0.05, 0.1) is 0 Å². The average molecular weight is 176 g/mol. The Morgan fingerprint density at radius 1 is 1.31 bits per heavy atom. The summed E-state index contributed by atoms with van der Waals surface area (Å²) in [6.45, 7) is 4.01. The van der Waals surface area contributed by atoms with Gasteiger partial charge in [0.2, 0.25) is 5.91 Å². The van der Waals surface area contributed by atoms with Crippen molar-refractivity contribution in [1.82, 2.24) is 5.32 Å². The zero-order chi connectivity index (χ0) is 9.52. The van der Waals surface area contributed by atoms with E-state index < -0.39 is 0 Å². The highest BCUT2D eigenvalue weighted by atomic mass is 16.1. The van der Waals surface area contributed by atoms with E-state index in [0.29, 0.717) is 13.0 Å². The molecule has 13 heavy (non-hydrogen) atoms. The number of aryl methyl sites for hydroxylation is 1. The van der Waals surface area contributed by atoms with E-state index in [0.717, 1.165) is 6.42 Å².